The zero-order valence-electron chi connectivity index (χ0n) is 23.5. The Morgan fingerprint density at radius 3 is 1.98 bits per heavy atom. The second-order valence-corrected chi connectivity index (χ2v) is 9.56. The zero-order valence-corrected chi connectivity index (χ0v) is 23.5. The van der Waals surface area contributed by atoms with Crippen LogP contribution in [0.2, 0.25) is 0 Å². The van der Waals surface area contributed by atoms with Crippen LogP contribution in [0.1, 0.15) is 50.3 Å². The van der Waals surface area contributed by atoms with E-state index in [1.165, 1.54) is 14.2 Å². The van der Waals surface area contributed by atoms with Crippen molar-refractivity contribution in [2.24, 2.45) is 5.92 Å². The minimum atomic E-state index is -1.06. The molecule has 0 saturated heterocycles. The Balaban J connectivity index is 1.98. The van der Waals surface area contributed by atoms with Crippen molar-refractivity contribution in [2.75, 3.05) is 14.2 Å². The van der Waals surface area contributed by atoms with E-state index in [-0.39, 0.29) is 25.4 Å². The van der Waals surface area contributed by atoms with Gasteiger partial charge < -0.3 is 30.7 Å². The van der Waals surface area contributed by atoms with E-state index < -0.39 is 35.7 Å². The van der Waals surface area contributed by atoms with Gasteiger partial charge in [0.25, 0.3) is 5.91 Å². The molecule has 2 aromatic rings. The van der Waals surface area contributed by atoms with Crippen LogP contribution in [0.4, 0.5) is 4.79 Å². The number of carbonyl (C=O) groups is 4. The smallest absolute Gasteiger partial charge is 0.315 e. The summed E-state index contributed by atoms with van der Waals surface area (Å²) in [4.78, 5) is 51.1. The SMILES string of the molecule is CCC(NC(=O)[C@H](CC(C)C)NC(=O)NCc1ccc(C#N)cc1)C(=O)C(=O)NCc1cc(OC)cc(OC)c1. The highest BCUT2D eigenvalue weighted by molar-refractivity contribution is 6.38. The molecule has 0 saturated carbocycles. The molecule has 0 aromatic heterocycles. The molecule has 2 rings (SSSR count). The zero-order chi connectivity index (χ0) is 29.7. The molecule has 4 N–H and O–H groups in total. The van der Waals surface area contributed by atoms with E-state index in [9.17, 15) is 19.2 Å². The first-order valence-electron chi connectivity index (χ1n) is 13.0. The number of nitrogens with one attached hydrogen (secondary N) is 4. The predicted octanol–water partition coefficient (Wildman–Crippen LogP) is 2.57. The van der Waals surface area contributed by atoms with Gasteiger partial charge in [0.05, 0.1) is 31.9 Å². The van der Waals surface area contributed by atoms with Crippen molar-refractivity contribution in [3.8, 4) is 17.6 Å². The molecular formula is C29H37N5O6. The summed E-state index contributed by atoms with van der Waals surface area (Å²) < 4.78 is 10.4. The number of Topliss-reactive ketones (excluding diaryl/α,β-unsaturated/α-hetero) is 1. The Labute approximate surface area is 234 Å². The Kier molecular flexibility index (Phi) is 12.4. The van der Waals surface area contributed by atoms with Gasteiger partial charge in [0.2, 0.25) is 11.7 Å². The van der Waals surface area contributed by atoms with Crippen molar-refractivity contribution >= 4 is 23.6 Å². The minimum Gasteiger partial charge on any atom is -0.497 e. The van der Waals surface area contributed by atoms with Crippen LogP contribution in [0.5, 0.6) is 11.5 Å². The molecule has 214 valence electrons. The van der Waals surface area contributed by atoms with Gasteiger partial charge >= 0.3 is 6.03 Å². The molecule has 2 aromatic carbocycles. The van der Waals surface area contributed by atoms with E-state index in [0.29, 0.717) is 29.0 Å². The molecule has 0 heterocycles. The topological polar surface area (TPSA) is 159 Å². The maximum atomic E-state index is 13.1. The van der Waals surface area contributed by atoms with E-state index >= 15 is 0 Å². The Bertz CT molecular complexity index is 1200. The molecule has 0 aliphatic rings. The third-order valence-electron chi connectivity index (χ3n) is 5.99. The Morgan fingerprint density at radius 1 is 0.850 bits per heavy atom. The van der Waals surface area contributed by atoms with E-state index in [2.05, 4.69) is 21.3 Å². The summed E-state index contributed by atoms with van der Waals surface area (Å²) in [5, 5.41) is 19.4. The molecule has 0 radical (unpaired) electrons. The van der Waals surface area contributed by atoms with Crippen molar-refractivity contribution in [3.63, 3.8) is 0 Å². The maximum Gasteiger partial charge on any atom is 0.315 e. The maximum absolute atomic E-state index is 13.1. The van der Waals surface area contributed by atoms with Gasteiger partial charge in [0, 0.05) is 19.2 Å². The number of ether oxygens (including phenoxy) is 2. The highest BCUT2D eigenvalue weighted by Gasteiger charge is 2.29. The van der Waals surface area contributed by atoms with Crippen molar-refractivity contribution in [2.45, 2.75) is 58.8 Å². The number of carbonyl (C=O) groups excluding carboxylic acids is 4. The van der Waals surface area contributed by atoms with E-state index in [0.717, 1.165) is 5.56 Å². The number of nitriles is 1. The number of urea groups is 1. The summed E-state index contributed by atoms with van der Waals surface area (Å²) in [5.74, 6) is -1.06. The lowest BCUT2D eigenvalue weighted by Gasteiger charge is -2.23. The highest BCUT2D eigenvalue weighted by atomic mass is 16.5. The fourth-order valence-corrected chi connectivity index (χ4v) is 3.81. The van der Waals surface area contributed by atoms with Gasteiger partial charge in [-0.05, 0) is 54.2 Å². The summed E-state index contributed by atoms with van der Waals surface area (Å²) in [5.41, 5.74) is 1.97. The van der Waals surface area contributed by atoms with Gasteiger partial charge in [-0.3, -0.25) is 14.4 Å². The van der Waals surface area contributed by atoms with Crippen molar-refractivity contribution in [3.05, 3.63) is 59.2 Å². The normalized spacial score (nSPS) is 11.9. The minimum absolute atomic E-state index is 0.0550. The molecule has 11 heteroatoms. The van der Waals surface area contributed by atoms with E-state index in [4.69, 9.17) is 14.7 Å². The molecule has 0 bridgehead atoms. The number of rotatable bonds is 14. The third-order valence-corrected chi connectivity index (χ3v) is 5.99. The van der Waals surface area contributed by atoms with Crippen LogP contribution in [0, 0.1) is 17.2 Å². The molecule has 0 aliphatic heterocycles. The first-order valence-corrected chi connectivity index (χ1v) is 13.0. The molecule has 4 amide bonds. The molecule has 11 nitrogen and oxygen atoms in total. The summed E-state index contributed by atoms with van der Waals surface area (Å²) in [6, 6.07) is 11.3. The van der Waals surface area contributed by atoms with E-state index in [1.54, 1.807) is 49.4 Å². The number of amides is 4. The van der Waals surface area contributed by atoms with Gasteiger partial charge in [-0.2, -0.15) is 5.26 Å². The molecule has 0 fully saturated rings. The van der Waals surface area contributed by atoms with Crippen LogP contribution in [-0.4, -0.2) is 49.9 Å². The average molecular weight is 552 g/mol. The molecule has 2 atom stereocenters. The van der Waals surface area contributed by atoms with Gasteiger partial charge in [-0.1, -0.05) is 32.9 Å². The first kappa shape index (κ1) is 31.6. The van der Waals surface area contributed by atoms with Gasteiger partial charge in [-0.25, -0.2) is 4.79 Å². The second kappa shape index (κ2) is 15.7. The van der Waals surface area contributed by atoms with Crippen LogP contribution >= 0.6 is 0 Å². The van der Waals surface area contributed by atoms with Gasteiger partial charge in [0.1, 0.15) is 17.5 Å². The number of methoxy groups -OCH3 is 2. The molecule has 0 spiro atoms. The lowest BCUT2D eigenvalue weighted by Crippen LogP contribution is -2.55. The largest absolute Gasteiger partial charge is 0.497 e. The van der Waals surface area contributed by atoms with Crippen LogP contribution in [0.3, 0.4) is 0 Å². The summed E-state index contributed by atoms with van der Waals surface area (Å²) >= 11 is 0. The lowest BCUT2D eigenvalue weighted by atomic mass is 10.0. The van der Waals surface area contributed by atoms with Crippen LogP contribution in [0.15, 0.2) is 42.5 Å². The number of benzene rings is 2. The molecule has 1 unspecified atom stereocenters. The summed E-state index contributed by atoms with van der Waals surface area (Å²) in [6.45, 7) is 5.74. The van der Waals surface area contributed by atoms with Crippen molar-refractivity contribution in [1.82, 2.24) is 21.3 Å². The van der Waals surface area contributed by atoms with Crippen LogP contribution in [0.25, 0.3) is 0 Å². The first-order chi connectivity index (χ1) is 19.1. The molecule has 40 heavy (non-hydrogen) atoms. The van der Waals surface area contributed by atoms with Gasteiger partial charge in [0.15, 0.2) is 0 Å². The molecular weight excluding hydrogens is 514 g/mol. The highest BCUT2D eigenvalue weighted by Crippen LogP contribution is 2.22. The number of ketones is 1. The monoisotopic (exact) mass is 551 g/mol. The standard InChI is InChI=1S/C29H37N5O6/c1-6-24(26(35)28(37)31-17-21-12-22(39-4)14-23(13-21)40-5)33-27(36)25(11-18(2)3)34-29(38)32-16-20-9-7-19(15-30)8-10-20/h7-10,12-14,18,24-25H,6,11,16-17H2,1-5H3,(H,31,37)(H,33,36)(H2,32,34,38)/t24?,25-/m0/s1. The average Bonchev–Trinajstić information content (AvgIpc) is 2.96. The van der Waals surface area contributed by atoms with E-state index in [1.807, 2.05) is 19.9 Å². The number of hydrogen-bond donors (Lipinski definition) is 4. The van der Waals surface area contributed by atoms with Crippen LogP contribution < -0.4 is 30.7 Å². The third kappa shape index (κ3) is 9.94. The second-order valence-electron chi connectivity index (χ2n) is 9.56. The van der Waals surface area contributed by atoms with Crippen LogP contribution in [-0.2, 0) is 27.5 Å². The van der Waals surface area contributed by atoms with Crippen molar-refractivity contribution < 1.29 is 28.7 Å². The Morgan fingerprint density at radius 2 is 1.45 bits per heavy atom. The quantitative estimate of drug-likeness (QED) is 0.263. The lowest BCUT2D eigenvalue weighted by molar-refractivity contribution is -0.140. The summed E-state index contributed by atoms with van der Waals surface area (Å²) in [6.07, 6.45) is 0.509. The predicted molar refractivity (Wildman–Crippen MR) is 148 cm³/mol. The van der Waals surface area contributed by atoms with Crippen molar-refractivity contribution in [1.29, 1.82) is 5.26 Å². The number of hydrogen-bond acceptors (Lipinski definition) is 7. The Hall–Kier alpha value is -4.59. The number of nitrogens with zero attached hydrogens (tertiary/aromatic N) is 1. The summed E-state index contributed by atoms with van der Waals surface area (Å²) in [7, 11) is 3.02. The fourth-order valence-electron chi connectivity index (χ4n) is 3.81. The molecule has 0 aliphatic carbocycles. The van der Waals surface area contributed by atoms with Gasteiger partial charge in [-0.15, -0.1) is 0 Å². The fraction of sp³-hybridized carbons (Fsp3) is 0.414.